The minimum atomic E-state index is -0.412. The van der Waals surface area contributed by atoms with E-state index in [1.165, 1.54) is 0 Å². The van der Waals surface area contributed by atoms with Gasteiger partial charge in [-0.05, 0) is 33.8 Å². The van der Waals surface area contributed by atoms with Crippen LogP contribution < -0.4 is 0 Å². The van der Waals surface area contributed by atoms with E-state index in [0.717, 1.165) is 11.8 Å². The smallest absolute Gasteiger partial charge is 0.400 e. The van der Waals surface area contributed by atoms with Crippen LogP contribution in [0.15, 0.2) is 24.3 Å². The van der Waals surface area contributed by atoms with Gasteiger partial charge in [-0.2, -0.15) is 0 Å². The molecule has 0 radical (unpaired) electrons. The zero-order valence-electron chi connectivity index (χ0n) is 11.7. The predicted octanol–water partition coefficient (Wildman–Crippen LogP) is 2.54. The molecule has 1 aliphatic rings. The fourth-order valence-corrected chi connectivity index (χ4v) is 1.82. The Hall–Kier alpha value is -1.46. The van der Waals surface area contributed by atoms with Gasteiger partial charge >= 0.3 is 7.12 Å². The second-order valence-electron chi connectivity index (χ2n) is 5.58. The van der Waals surface area contributed by atoms with Crippen LogP contribution in [-0.4, -0.2) is 29.6 Å². The second-order valence-corrected chi connectivity index (χ2v) is 5.58. The Labute approximate surface area is 114 Å². The summed E-state index contributed by atoms with van der Waals surface area (Å²) in [6, 6.07) is 3.62. The first-order valence-electron chi connectivity index (χ1n) is 6.30. The number of nitrogens with zero attached hydrogens (tertiary/aromatic N) is 1. The summed E-state index contributed by atoms with van der Waals surface area (Å²) in [5.41, 5.74) is 0.456. The SMILES string of the molecule is CC1(C)OB(/C=C/c2cccnc2C=O)OC1(C)C. The minimum Gasteiger partial charge on any atom is -0.400 e. The van der Waals surface area contributed by atoms with Crippen molar-refractivity contribution in [3.05, 3.63) is 35.6 Å². The van der Waals surface area contributed by atoms with E-state index < -0.39 is 7.12 Å². The molecule has 1 saturated heterocycles. The lowest BCUT2D eigenvalue weighted by molar-refractivity contribution is 0.00578. The lowest BCUT2D eigenvalue weighted by atomic mass is 9.89. The monoisotopic (exact) mass is 259 g/mol. The molecule has 0 aliphatic carbocycles. The number of pyridine rings is 1. The van der Waals surface area contributed by atoms with E-state index in [1.807, 2.05) is 33.8 Å². The van der Waals surface area contributed by atoms with Crippen molar-refractivity contribution in [1.29, 1.82) is 0 Å². The molecule has 1 aromatic rings. The quantitative estimate of drug-likeness (QED) is 0.618. The summed E-state index contributed by atoms with van der Waals surface area (Å²) in [6.45, 7) is 8.01. The maximum absolute atomic E-state index is 10.9. The van der Waals surface area contributed by atoms with Gasteiger partial charge in [-0.1, -0.05) is 18.1 Å². The van der Waals surface area contributed by atoms with Crippen LogP contribution in [0.3, 0.4) is 0 Å². The molecule has 1 aromatic heterocycles. The molecule has 0 spiro atoms. The van der Waals surface area contributed by atoms with Crippen LogP contribution in [0.4, 0.5) is 0 Å². The van der Waals surface area contributed by atoms with E-state index in [2.05, 4.69) is 4.98 Å². The third-order valence-corrected chi connectivity index (χ3v) is 3.69. The average molecular weight is 259 g/mol. The minimum absolute atomic E-state index is 0.357. The third kappa shape index (κ3) is 2.77. The molecule has 1 fully saturated rings. The average Bonchev–Trinajstić information content (AvgIpc) is 2.55. The first-order valence-corrected chi connectivity index (χ1v) is 6.30. The molecular weight excluding hydrogens is 241 g/mol. The van der Waals surface area contributed by atoms with E-state index in [4.69, 9.17) is 9.31 Å². The highest BCUT2D eigenvalue weighted by atomic mass is 16.7. The zero-order valence-corrected chi connectivity index (χ0v) is 11.7. The van der Waals surface area contributed by atoms with Crippen LogP contribution in [0.25, 0.3) is 6.08 Å². The molecule has 19 heavy (non-hydrogen) atoms. The van der Waals surface area contributed by atoms with Crippen molar-refractivity contribution in [3.63, 3.8) is 0 Å². The summed E-state index contributed by atoms with van der Waals surface area (Å²) in [6.07, 6.45) is 4.14. The Bertz CT molecular complexity index is 495. The standard InChI is InChI=1S/C14H18BNO3/c1-13(2)14(3,4)19-15(18-13)8-7-11-6-5-9-16-12(11)10-17/h5-10H,1-4H3/b8-7+. The summed E-state index contributed by atoms with van der Waals surface area (Å²) in [7, 11) is -0.412. The van der Waals surface area contributed by atoms with Crippen LogP contribution >= 0.6 is 0 Å². The van der Waals surface area contributed by atoms with E-state index >= 15 is 0 Å². The predicted molar refractivity (Wildman–Crippen MR) is 74.7 cm³/mol. The molecule has 4 nitrogen and oxygen atoms in total. The van der Waals surface area contributed by atoms with Gasteiger partial charge in [0.1, 0.15) is 5.69 Å². The molecule has 0 aromatic carbocycles. The van der Waals surface area contributed by atoms with Crippen LogP contribution in [0.1, 0.15) is 43.7 Å². The third-order valence-electron chi connectivity index (χ3n) is 3.69. The molecule has 0 saturated carbocycles. The summed E-state index contributed by atoms with van der Waals surface area (Å²) in [5, 5.41) is 0. The van der Waals surface area contributed by atoms with Crippen LogP contribution in [-0.2, 0) is 9.31 Å². The molecular formula is C14H18BNO3. The Morgan fingerprint density at radius 1 is 1.21 bits per heavy atom. The van der Waals surface area contributed by atoms with E-state index in [0.29, 0.717) is 5.69 Å². The normalized spacial score (nSPS) is 20.9. The van der Waals surface area contributed by atoms with Crippen molar-refractivity contribution >= 4 is 19.5 Å². The molecule has 100 valence electrons. The van der Waals surface area contributed by atoms with Gasteiger partial charge in [-0.3, -0.25) is 9.78 Å². The number of hydrogen-bond donors (Lipinski definition) is 0. The molecule has 1 aliphatic heterocycles. The fourth-order valence-electron chi connectivity index (χ4n) is 1.82. The highest BCUT2D eigenvalue weighted by Gasteiger charge is 2.49. The highest BCUT2D eigenvalue weighted by molar-refractivity contribution is 6.52. The van der Waals surface area contributed by atoms with E-state index in [9.17, 15) is 4.79 Å². The second kappa shape index (κ2) is 4.91. The lowest BCUT2D eigenvalue weighted by Crippen LogP contribution is -2.41. The van der Waals surface area contributed by atoms with Gasteiger partial charge in [0, 0.05) is 11.8 Å². The van der Waals surface area contributed by atoms with Gasteiger partial charge in [0.15, 0.2) is 6.29 Å². The Morgan fingerprint density at radius 3 is 2.42 bits per heavy atom. The van der Waals surface area contributed by atoms with Crippen LogP contribution in [0.2, 0.25) is 0 Å². The zero-order chi connectivity index (χ0) is 14.1. The Morgan fingerprint density at radius 2 is 1.84 bits per heavy atom. The molecule has 0 bridgehead atoms. The van der Waals surface area contributed by atoms with Crippen LogP contribution in [0.5, 0.6) is 0 Å². The number of carbonyl (C=O) groups excluding carboxylic acids is 1. The highest BCUT2D eigenvalue weighted by Crippen LogP contribution is 2.37. The fraction of sp³-hybridized carbons (Fsp3) is 0.429. The first kappa shape index (κ1) is 14.0. The summed E-state index contributed by atoms with van der Waals surface area (Å²) in [5.74, 6) is 1.81. The van der Waals surface area contributed by atoms with Gasteiger partial charge in [-0.25, -0.2) is 0 Å². The molecule has 5 heteroatoms. The van der Waals surface area contributed by atoms with E-state index in [-0.39, 0.29) is 11.2 Å². The van der Waals surface area contributed by atoms with Crippen molar-refractivity contribution in [2.24, 2.45) is 0 Å². The van der Waals surface area contributed by atoms with Crippen molar-refractivity contribution < 1.29 is 14.1 Å². The first-order chi connectivity index (χ1) is 8.86. The topological polar surface area (TPSA) is 48.4 Å². The number of hydrogen-bond acceptors (Lipinski definition) is 4. The molecule has 2 rings (SSSR count). The van der Waals surface area contributed by atoms with Crippen LogP contribution in [0, 0.1) is 0 Å². The maximum atomic E-state index is 10.9. The van der Waals surface area contributed by atoms with Crippen molar-refractivity contribution in [2.45, 2.75) is 38.9 Å². The summed E-state index contributed by atoms with van der Waals surface area (Å²) < 4.78 is 11.7. The number of aromatic nitrogens is 1. The molecule has 2 heterocycles. The molecule has 0 amide bonds. The maximum Gasteiger partial charge on any atom is 0.487 e. The molecule has 0 unspecified atom stereocenters. The molecule has 0 atom stereocenters. The Balaban J connectivity index is 2.15. The van der Waals surface area contributed by atoms with Gasteiger partial charge in [0.05, 0.1) is 11.2 Å². The number of rotatable bonds is 3. The lowest BCUT2D eigenvalue weighted by Gasteiger charge is -2.32. The van der Waals surface area contributed by atoms with Gasteiger partial charge < -0.3 is 9.31 Å². The summed E-state index contributed by atoms with van der Waals surface area (Å²) in [4.78, 5) is 14.9. The van der Waals surface area contributed by atoms with Crippen molar-refractivity contribution in [3.8, 4) is 0 Å². The van der Waals surface area contributed by atoms with E-state index in [1.54, 1.807) is 24.3 Å². The van der Waals surface area contributed by atoms with Gasteiger partial charge in [0.2, 0.25) is 0 Å². The van der Waals surface area contributed by atoms with Gasteiger partial charge in [0.25, 0.3) is 0 Å². The van der Waals surface area contributed by atoms with Crippen molar-refractivity contribution in [1.82, 2.24) is 4.98 Å². The summed E-state index contributed by atoms with van der Waals surface area (Å²) >= 11 is 0. The largest absolute Gasteiger partial charge is 0.487 e. The molecule has 0 N–H and O–H groups in total. The number of aldehydes is 1. The van der Waals surface area contributed by atoms with Crippen molar-refractivity contribution in [2.75, 3.05) is 0 Å². The Kier molecular flexibility index (Phi) is 3.61. The number of carbonyl (C=O) groups is 1. The van der Waals surface area contributed by atoms with Gasteiger partial charge in [-0.15, -0.1) is 0 Å².